The minimum Gasteiger partial charge on any atom is -0.381 e. The standard InChI is InChI=1S/C21H18F2N2O/c22-19-4-3-18(11-20(19)23)25-21-10-17-13-24-12-16(17)9-15(21)2-1-14-5-7-26-8-6-14/h3-4,9-11,13-14,25H,5-8,12H2. The Bertz CT molecular complexity index is 922. The Morgan fingerprint density at radius 3 is 2.73 bits per heavy atom. The second-order valence-corrected chi connectivity index (χ2v) is 6.48. The van der Waals surface area contributed by atoms with Gasteiger partial charge < -0.3 is 10.1 Å². The number of anilines is 2. The van der Waals surface area contributed by atoms with Gasteiger partial charge >= 0.3 is 0 Å². The molecule has 1 N–H and O–H groups in total. The predicted octanol–water partition coefficient (Wildman–Crippen LogP) is 4.42. The van der Waals surface area contributed by atoms with Gasteiger partial charge in [0.1, 0.15) is 0 Å². The van der Waals surface area contributed by atoms with Crippen LogP contribution in [0.2, 0.25) is 0 Å². The predicted molar refractivity (Wildman–Crippen MR) is 97.8 cm³/mol. The summed E-state index contributed by atoms with van der Waals surface area (Å²) in [7, 11) is 0. The van der Waals surface area contributed by atoms with Crippen molar-refractivity contribution in [2.24, 2.45) is 10.9 Å². The quantitative estimate of drug-likeness (QED) is 0.812. The van der Waals surface area contributed by atoms with Crippen molar-refractivity contribution >= 4 is 17.6 Å². The Labute approximate surface area is 151 Å². The molecule has 0 aliphatic carbocycles. The van der Waals surface area contributed by atoms with E-state index in [1.165, 1.54) is 6.07 Å². The van der Waals surface area contributed by atoms with Crippen molar-refractivity contribution in [3.63, 3.8) is 0 Å². The van der Waals surface area contributed by atoms with Crippen LogP contribution in [-0.4, -0.2) is 19.4 Å². The van der Waals surface area contributed by atoms with E-state index in [4.69, 9.17) is 4.74 Å². The molecular weight excluding hydrogens is 334 g/mol. The molecule has 0 spiro atoms. The van der Waals surface area contributed by atoms with Gasteiger partial charge in [0, 0.05) is 42.7 Å². The van der Waals surface area contributed by atoms with Gasteiger partial charge in [-0.05, 0) is 48.2 Å². The van der Waals surface area contributed by atoms with E-state index in [0.29, 0.717) is 18.2 Å². The number of nitrogens with zero attached hydrogens (tertiary/aromatic N) is 1. The molecule has 0 aromatic heterocycles. The average Bonchev–Trinajstić information content (AvgIpc) is 3.11. The highest BCUT2D eigenvalue weighted by Crippen LogP contribution is 2.27. The lowest BCUT2D eigenvalue weighted by Gasteiger charge is -2.17. The smallest absolute Gasteiger partial charge is 0.160 e. The van der Waals surface area contributed by atoms with E-state index in [0.717, 1.165) is 60.6 Å². The summed E-state index contributed by atoms with van der Waals surface area (Å²) in [6.45, 7) is 2.14. The molecule has 0 atom stereocenters. The maximum absolute atomic E-state index is 13.5. The monoisotopic (exact) mass is 352 g/mol. The number of halogens is 2. The lowest BCUT2D eigenvalue weighted by molar-refractivity contribution is 0.0807. The second kappa shape index (κ2) is 7.27. The molecule has 0 saturated carbocycles. The summed E-state index contributed by atoms with van der Waals surface area (Å²) in [5.74, 6) is 5.18. The highest BCUT2D eigenvalue weighted by Gasteiger charge is 2.14. The largest absolute Gasteiger partial charge is 0.381 e. The zero-order chi connectivity index (χ0) is 17.9. The molecule has 1 saturated heterocycles. The third-order valence-corrected chi connectivity index (χ3v) is 4.60. The van der Waals surface area contributed by atoms with Crippen LogP contribution in [0.4, 0.5) is 20.2 Å². The summed E-state index contributed by atoms with van der Waals surface area (Å²) in [6.07, 6.45) is 3.70. The fraction of sp³-hybridized carbons (Fsp3) is 0.286. The number of hydrogen-bond donors (Lipinski definition) is 1. The Morgan fingerprint density at radius 2 is 1.92 bits per heavy atom. The summed E-state index contributed by atoms with van der Waals surface area (Å²) in [4.78, 5) is 4.29. The van der Waals surface area contributed by atoms with Crippen LogP contribution in [0.15, 0.2) is 35.3 Å². The molecule has 132 valence electrons. The van der Waals surface area contributed by atoms with Crippen LogP contribution in [0, 0.1) is 29.4 Å². The molecule has 2 aliphatic rings. The third-order valence-electron chi connectivity index (χ3n) is 4.60. The van der Waals surface area contributed by atoms with Crippen molar-refractivity contribution in [1.82, 2.24) is 0 Å². The first-order valence-corrected chi connectivity index (χ1v) is 8.67. The van der Waals surface area contributed by atoms with Crippen molar-refractivity contribution in [1.29, 1.82) is 0 Å². The maximum Gasteiger partial charge on any atom is 0.160 e. The van der Waals surface area contributed by atoms with E-state index in [-0.39, 0.29) is 0 Å². The Hall–Kier alpha value is -2.71. The van der Waals surface area contributed by atoms with Crippen LogP contribution in [0.1, 0.15) is 29.5 Å². The summed E-state index contributed by atoms with van der Waals surface area (Å²) >= 11 is 0. The molecule has 4 rings (SSSR count). The van der Waals surface area contributed by atoms with E-state index in [2.05, 4.69) is 22.2 Å². The molecule has 0 radical (unpaired) electrons. The molecule has 26 heavy (non-hydrogen) atoms. The number of nitrogens with one attached hydrogen (secondary N) is 1. The number of ether oxygens (including phenoxy) is 1. The van der Waals surface area contributed by atoms with Gasteiger partial charge in [-0.2, -0.15) is 0 Å². The summed E-state index contributed by atoms with van der Waals surface area (Å²) in [6, 6.07) is 7.75. The Balaban J connectivity index is 1.66. The molecule has 2 heterocycles. The Kier molecular flexibility index (Phi) is 4.68. The first kappa shape index (κ1) is 16.7. The highest BCUT2D eigenvalue weighted by molar-refractivity contribution is 5.88. The normalized spacial score (nSPS) is 16.1. The molecule has 0 bridgehead atoms. The summed E-state index contributed by atoms with van der Waals surface area (Å²) in [5.41, 5.74) is 4.23. The molecule has 2 aromatic carbocycles. The Morgan fingerprint density at radius 1 is 1.08 bits per heavy atom. The molecule has 2 aliphatic heterocycles. The first-order valence-electron chi connectivity index (χ1n) is 8.67. The van der Waals surface area contributed by atoms with E-state index in [9.17, 15) is 8.78 Å². The lowest BCUT2D eigenvalue weighted by atomic mass is 9.99. The van der Waals surface area contributed by atoms with Crippen molar-refractivity contribution in [2.75, 3.05) is 18.5 Å². The molecular formula is C21H18F2N2O. The number of aliphatic imine (C=N–C) groups is 1. The summed E-state index contributed by atoms with van der Waals surface area (Å²) in [5, 5.41) is 3.16. The van der Waals surface area contributed by atoms with Crippen molar-refractivity contribution in [2.45, 2.75) is 19.4 Å². The van der Waals surface area contributed by atoms with Crippen molar-refractivity contribution in [3.05, 3.63) is 58.7 Å². The number of hydrogen-bond acceptors (Lipinski definition) is 3. The summed E-state index contributed by atoms with van der Waals surface area (Å²) < 4.78 is 32.1. The maximum atomic E-state index is 13.5. The van der Waals surface area contributed by atoms with Crippen LogP contribution in [-0.2, 0) is 11.3 Å². The van der Waals surface area contributed by atoms with Gasteiger partial charge in [0.05, 0.1) is 12.2 Å². The third kappa shape index (κ3) is 3.61. The number of rotatable bonds is 2. The highest BCUT2D eigenvalue weighted by atomic mass is 19.2. The van der Waals surface area contributed by atoms with Crippen LogP contribution in [0.3, 0.4) is 0 Å². The van der Waals surface area contributed by atoms with Crippen LogP contribution in [0.25, 0.3) is 0 Å². The van der Waals surface area contributed by atoms with Crippen LogP contribution in [0.5, 0.6) is 0 Å². The van der Waals surface area contributed by atoms with Gasteiger partial charge in [0.25, 0.3) is 0 Å². The topological polar surface area (TPSA) is 33.6 Å². The first-order chi connectivity index (χ1) is 12.7. The van der Waals surface area contributed by atoms with E-state index in [1.54, 1.807) is 0 Å². The van der Waals surface area contributed by atoms with Gasteiger partial charge in [0.2, 0.25) is 0 Å². The van der Waals surface area contributed by atoms with Crippen LogP contribution >= 0.6 is 0 Å². The average molecular weight is 352 g/mol. The minimum atomic E-state index is -0.882. The van der Waals surface area contributed by atoms with E-state index < -0.39 is 11.6 Å². The van der Waals surface area contributed by atoms with E-state index >= 15 is 0 Å². The fourth-order valence-corrected chi connectivity index (χ4v) is 3.12. The van der Waals surface area contributed by atoms with Gasteiger partial charge in [-0.3, -0.25) is 4.99 Å². The fourth-order valence-electron chi connectivity index (χ4n) is 3.12. The molecule has 2 aromatic rings. The van der Waals surface area contributed by atoms with Gasteiger partial charge in [-0.1, -0.05) is 11.8 Å². The zero-order valence-corrected chi connectivity index (χ0v) is 14.2. The second-order valence-electron chi connectivity index (χ2n) is 6.48. The van der Waals surface area contributed by atoms with Gasteiger partial charge in [-0.25, -0.2) is 8.78 Å². The molecule has 0 unspecified atom stereocenters. The van der Waals surface area contributed by atoms with Crippen LogP contribution < -0.4 is 5.32 Å². The van der Waals surface area contributed by atoms with Crippen molar-refractivity contribution < 1.29 is 13.5 Å². The molecule has 1 fully saturated rings. The molecule has 3 nitrogen and oxygen atoms in total. The molecule has 0 amide bonds. The number of fused-ring (bicyclic) bond motifs is 1. The van der Waals surface area contributed by atoms with E-state index in [1.807, 2.05) is 18.3 Å². The SMILES string of the molecule is Fc1ccc(Nc2cc3c(cc2C#CC2CCOCC2)CN=C3)cc1F. The number of benzene rings is 2. The van der Waals surface area contributed by atoms with Gasteiger partial charge in [-0.15, -0.1) is 0 Å². The molecule has 5 heteroatoms. The van der Waals surface area contributed by atoms with Gasteiger partial charge in [0.15, 0.2) is 11.6 Å². The zero-order valence-electron chi connectivity index (χ0n) is 14.2. The minimum absolute atomic E-state index is 0.323. The lowest BCUT2D eigenvalue weighted by Crippen LogP contribution is -2.13. The van der Waals surface area contributed by atoms with Crippen molar-refractivity contribution in [3.8, 4) is 11.8 Å².